The van der Waals surface area contributed by atoms with Crippen molar-refractivity contribution >= 4 is 71.2 Å². The maximum Gasteiger partial charge on any atom is 0.247 e. The van der Waals surface area contributed by atoms with Gasteiger partial charge in [-0.3, -0.25) is 50.7 Å². The number of aryl methyl sites for hydroxylation is 4. The van der Waals surface area contributed by atoms with Crippen LogP contribution in [0.25, 0.3) is 22.3 Å². The molecule has 8 rings (SSSR count). The summed E-state index contributed by atoms with van der Waals surface area (Å²) in [6.07, 6.45) is 3.51. The zero-order valence-electron chi connectivity index (χ0n) is 34.6. The average molecular weight is 801 g/mol. The standard InChI is InChI=1S/C30H28B2Cl2.C21H23N2O/c1-17-15-19(3)29(33)21(5)27(17)31-25-11-7-23(8-12-25)24-9-13-26(14-10-24)32-28-18(2)16-20(4)30(34)22(28)6;24-20(16-23-15-5-14-22-13-4-8-21(22)23)19-11-9-18(10-12-19)17-6-2-1-3-7-17/h7-16H,1-6H3;1-3,6-7,9-12H,4-5,8,13-16H2/q-2;+1. The molecule has 6 aromatic rings. The summed E-state index contributed by atoms with van der Waals surface area (Å²) in [5, 5.41) is 1.70. The van der Waals surface area contributed by atoms with Crippen molar-refractivity contribution in [2.75, 3.05) is 26.2 Å². The third kappa shape index (κ3) is 9.38. The Morgan fingerprint density at radius 1 is 0.586 bits per heavy atom. The summed E-state index contributed by atoms with van der Waals surface area (Å²) in [6, 6.07) is 40.0. The number of amidine groups is 1. The second-order valence-corrected chi connectivity index (χ2v) is 16.7. The minimum Gasteiger partial charge on any atom is -0.290 e. The first-order valence-corrected chi connectivity index (χ1v) is 21.2. The van der Waals surface area contributed by atoms with Gasteiger partial charge in [-0.1, -0.05) is 136 Å². The van der Waals surface area contributed by atoms with Gasteiger partial charge in [0.25, 0.3) is 0 Å². The molecule has 58 heavy (non-hydrogen) atoms. The number of rotatable bonds is 9. The first kappa shape index (κ1) is 41.3. The summed E-state index contributed by atoms with van der Waals surface area (Å²) in [5.41, 5.74) is 17.3. The molecular weight excluding hydrogens is 749 g/mol. The Hall–Kier alpha value is -4.83. The molecule has 0 bridgehead atoms. The first-order chi connectivity index (χ1) is 28.0. The van der Waals surface area contributed by atoms with E-state index < -0.39 is 0 Å². The van der Waals surface area contributed by atoms with Crippen LogP contribution < -0.4 is 21.9 Å². The maximum atomic E-state index is 12.7. The lowest BCUT2D eigenvalue weighted by atomic mass is 9.60. The lowest BCUT2D eigenvalue weighted by molar-refractivity contribution is -0.529. The SMILES string of the molecule is Cc1cc(C)c([B-]c2ccc(-c3ccc([B-]c4c(C)cc(C)c(Cl)c4C)cc3)cc2)c(C)c1Cl.O=C(CN1CCC[N+]2=C1CCC2)c1ccc(-c2ccccc2)cc1. The fourth-order valence-electron chi connectivity index (χ4n) is 8.48. The molecule has 0 fully saturated rings. The molecule has 0 aromatic heterocycles. The van der Waals surface area contributed by atoms with Crippen molar-refractivity contribution < 1.29 is 9.37 Å². The predicted molar refractivity (Wildman–Crippen MR) is 250 cm³/mol. The Labute approximate surface area is 357 Å². The van der Waals surface area contributed by atoms with Crippen LogP contribution in [-0.4, -0.2) is 61.8 Å². The van der Waals surface area contributed by atoms with Gasteiger partial charge in [0.1, 0.15) is 6.54 Å². The van der Waals surface area contributed by atoms with Crippen molar-refractivity contribution in [2.45, 2.75) is 60.8 Å². The van der Waals surface area contributed by atoms with Crippen LogP contribution in [0.15, 0.2) is 115 Å². The van der Waals surface area contributed by atoms with Crippen molar-refractivity contribution in [3.63, 3.8) is 0 Å². The second-order valence-electron chi connectivity index (χ2n) is 15.9. The maximum absolute atomic E-state index is 12.7. The fraction of sp³-hybridized carbons (Fsp3) is 0.255. The molecule has 0 unspecified atom stereocenters. The molecule has 2 heterocycles. The summed E-state index contributed by atoms with van der Waals surface area (Å²) >= 11 is 13.0. The number of ketones is 1. The number of halogens is 2. The zero-order valence-corrected chi connectivity index (χ0v) is 36.1. The first-order valence-electron chi connectivity index (χ1n) is 20.4. The summed E-state index contributed by atoms with van der Waals surface area (Å²) in [5.74, 6) is 1.60. The highest BCUT2D eigenvalue weighted by molar-refractivity contribution is 6.69. The lowest BCUT2D eigenvalue weighted by Gasteiger charge is -2.26. The van der Waals surface area contributed by atoms with E-state index in [4.69, 9.17) is 23.2 Å². The van der Waals surface area contributed by atoms with Crippen LogP contribution in [-0.2, 0) is 0 Å². The molecule has 0 atom stereocenters. The van der Waals surface area contributed by atoms with Crippen LogP contribution in [0.3, 0.4) is 0 Å². The number of hydrogen-bond donors (Lipinski definition) is 0. The Bertz CT molecular complexity index is 2350. The van der Waals surface area contributed by atoms with Crippen LogP contribution in [0.4, 0.5) is 0 Å². The molecule has 2 aliphatic heterocycles. The third-order valence-electron chi connectivity index (χ3n) is 11.7. The molecule has 6 aromatic carbocycles. The van der Waals surface area contributed by atoms with E-state index in [1.54, 1.807) is 0 Å². The fourth-order valence-corrected chi connectivity index (χ4v) is 8.79. The number of hydrogen-bond acceptors (Lipinski definition) is 2. The summed E-state index contributed by atoms with van der Waals surface area (Å²) < 4.78 is 2.45. The van der Waals surface area contributed by atoms with Crippen LogP contribution >= 0.6 is 23.2 Å². The van der Waals surface area contributed by atoms with Gasteiger partial charge in [-0.25, -0.2) is 0 Å². The van der Waals surface area contributed by atoms with E-state index in [9.17, 15) is 4.79 Å². The van der Waals surface area contributed by atoms with Crippen molar-refractivity contribution in [3.05, 3.63) is 164 Å². The molecule has 4 radical (unpaired) electrons. The van der Waals surface area contributed by atoms with Crippen molar-refractivity contribution in [1.82, 2.24) is 4.90 Å². The van der Waals surface area contributed by atoms with Crippen LogP contribution in [0.5, 0.6) is 0 Å². The molecule has 0 aliphatic carbocycles. The quantitative estimate of drug-likeness (QED) is 0.0828. The Balaban J connectivity index is 0.000000187. The number of carbonyl (C=O) groups excluding carboxylic acids is 1. The minimum atomic E-state index is 0.218. The van der Waals surface area contributed by atoms with Gasteiger partial charge < -0.3 is 0 Å². The van der Waals surface area contributed by atoms with Gasteiger partial charge in [0, 0.05) is 22.0 Å². The van der Waals surface area contributed by atoms with E-state index in [0.717, 1.165) is 75.9 Å². The molecule has 0 saturated carbocycles. The van der Waals surface area contributed by atoms with E-state index in [1.165, 1.54) is 61.9 Å². The molecule has 0 amide bonds. The Morgan fingerprint density at radius 2 is 1.03 bits per heavy atom. The van der Waals surface area contributed by atoms with Crippen molar-refractivity contribution in [2.24, 2.45) is 0 Å². The molecule has 292 valence electrons. The molecule has 0 N–H and O–H groups in total. The summed E-state index contributed by atoms with van der Waals surface area (Å²) in [7, 11) is 4.43. The number of carbonyl (C=O) groups is 1. The van der Waals surface area contributed by atoms with Gasteiger partial charge >= 0.3 is 0 Å². The van der Waals surface area contributed by atoms with Crippen LogP contribution in [0.1, 0.15) is 63.0 Å². The predicted octanol–water partition coefficient (Wildman–Crippen LogP) is 9.27. The zero-order chi connectivity index (χ0) is 40.9. The van der Waals surface area contributed by atoms with Gasteiger partial charge in [0.2, 0.25) is 11.6 Å². The Kier molecular flexibility index (Phi) is 13.1. The van der Waals surface area contributed by atoms with E-state index in [1.807, 2.05) is 42.5 Å². The summed E-state index contributed by atoms with van der Waals surface area (Å²) in [6.45, 7) is 16.4. The van der Waals surface area contributed by atoms with E-state index in [0.29, 0.717) is 6.54 Å². The molecule has 7 heteroatoms. The van der Waals surface area contributed by atoms with Crippen LogP contribution in [0, 0.1) is 41.5 Å². The lowest BCUT2D eigenvalue weighted by Crippen LogP contribution is -2.43. The normalized spacial score (nSPS) is 13.6. The van der Waals surface area contributed by atoms with Crippen LogP contribution in [0.2, 0.25) is 10.0 Å². The van der Waals surface area contributed by atoms with Gasteiger partial charge in [-0.2, -0.15) is 0 Å². The molecule has 2 aliphatic rings. The topological polar surface area (TPSA) is 23.3 Å². The van der Waals surface area contributed by atoms with Gasteiger partial charge in [-0.15, -0.1) is 24.3 Å². The highest BCUT2D eigenvalue weighted by Gasteiger charge is 2.32. The molecular formula is C51H51B2Cl2N2O-. The number of benzene rings is 6. The molecule has 0 spiro atoms. The molecule has 3 nitrogen and oxygen atoms in total. The monoisotopic (exact) mass is 799 g/mol. The highest BCUT2D eigenvalue weighted by atomic mass is 35.5. The number of Topliss-reactive ketones (excluding diaryl/α,β-unsaturated/α-hetero) is 1. The average Bonchev–Trinajstić information content (AvgIpc) is 3.74. The van der Waals surface area contributed by atoms with Crippen molar-refractivity contribution in [1.29, 1.82) is 0 Å². The van der Waals surface area contributed by atoms with E-state index >= 15 is 0 Å². The third-order valence-corrected chi connectivity index (χ3v) is 12.9. The van der Waals surface area contributed by atoms with E-state index in [2.05, 4.69) is 138 Å². The second kappa shape index (κ2) is 18.4. The minimum absolute atomic E-state index is 0.218. The van der Waals surface area contributed by atoms with E-state index in [-0.39, 0.29) is 5.78 Å². The van der Waals surface area contributed by atoms with Gasteiger partial charge in [0.05, 0.1) is 26.1 Å². The van der Waals surface area contributed by atoms with Crippen molar-refractivity contribution in [3.8, 4) is 22.3 Å². The largest absolute Gasteiger partial charge is 0.290 e. The Morgan fingerprint density at radius 3 is 1.53 bits per heavy atom. The van der Waals surface area contributed by atoms with Gasteiger partial charge in [0.15, 0.2) is 0 Å². The number of nitrogens with zero attached hydrogens (tertiary/aromatic N) is 2. The highest BCUT2D eigenvalue weighted by Crippen LogP contribution is 2.23. The smallest absolute Gasteiger partial charge is 0.247 e. The molecule has 0 saturated heterocycles. The van der Waals surface area contributed by atoms with Gasteiger partial charge in [-0.05, 0) is 81.3 Å². The summed E-state index contributed by atoms with van der Waals surface area (Å²) in [4.78, 5) is 15.0.